The lowest BCUT2D eigenvalue weighted by molar-refractivity contribution is 0.313. The number of nitrogens with zero attached hydrogens (tertiary/aromatic N) is 4. The Morgan fingerprint density at radius 1 is 0.895 bits per heavy atom. The number of nitrogens with one attached hydrogen (secondary N) is 3. The summed E-state index contributed by atoms with van der Waals surface area (Å²) in [6.07, 6.45) is 6.85. The molecule has 0 spiro atoms. The minimum Gasteiger partial charge on any atom is -0.369 e. The molecule has 9 nitrogen and oxygen atoms in total. The maximum atomic E-state index is 13.0. The Hall–Kier alpha value is -3.21. The van der Waals surface area contributed by atoms with Gasteiger partial charge in [0.25, 0.3) is 0 Å². The first-order chi connectivity index (χ1) is 18.4. The number of likely N-dealkylation sites (N-methyl/N-ethyl adjacent to an activating group) is 1. The second kappa shape index (κ2) is 11.7. The van der Waals surface area contributed by atoms with Crippen molar-refractivity contribution in [3.8, 4) is 0 Å². The fraction of sp³-hybridized carbons (Fsp3) is 0.429. The fourth-order valence-corrected chi connectivity index (χ4v) is 6.31. The maximum Gasteiger partial charge on any atom is 0.240 e. The van der Waals surface area contributed by atoms with Crippen LogP contribution in [0.4, 0.5) is 28.8 Å². The highest BCUT2D eigenvalue weighted by Gasteiger charge is 2.22. The lowest BCUT2D eigenvalue weighted by atomic mass is 9.96. The molecule has 38 heavy (non-hydrogen) atoms. The van der Waals surface area contributed by atoms with Gasteiger partial charge in [0, 0.05) is 61.0 Å². The van der Waals surface area contributed by atoms with E-state index in [9.17, 15) is 8.42 Å². The smallest absolute Gasteiger partial charge is 0.240 e. The first kappa shape index (κ1) is 26.4. The van der Waals surface area contributed by atoms with Gasteiger partial charge in [-0.1, -0.05) is 25.3 Å². The molecular weight excluding hydrogens is 498 g/mol. The summed E-state index contributed by atoms with van der Waals surface area (Å²) in [7, 11) is -1.43. The Bertz CT molecular complexity index is 1330. The standard InChI is InChI=1S/C28H37N7O2S/c1-21-20-29-28(31-22-11-13-25(14-12-22)35-17-15-34(2)16-18-35)32-27(21)30-24-9-6-10-26(19-24)38(36,37)33-23-7-4-3-5-8-23/h6,9-14,19-20,23,33H,3-5,7-8,15-18H2,1-2H3,(H2,29,30,31,32). The van der Waals surface area contributed by atoms with E-state index in [1.165, 1.54) is 12.1 Å². The van der Waals surface area contributed by atoms with Gasteiger partial charge >= 0.3 is 0 Å². The number of hydrogen-bond acceptors (Lipinski definition) is 8. The third-order valence-electron chi connectivity index (χ3n) is 7.30. The Kier molecular flexibility index (Phi) is 8.11. The summed E-state index contributed by atoms with van der Waals surface area (Å²) in [5, 5.41) is 6.56. The van der Waals surface area contributed by atoms with Crippen molar-refractivity contribution in [1.82, 2.24) is 19.6 Å². The Labute approximate surface area is 225 Å². The molecule has 0 bridgehead atoms. The SMILES string of the molecule is Cc1cnc(Nc2ccc(N3CCN(C)CC3)cc2)nc1Nc1cccc(S(=O)(=O)NC2CCCCC2)c1. The topological polar surface area (TPSA) is 102 Å². The molecule has 0 atom stereocenters. The number of piperazine rings is 1. The highest BCUT2D eigenvalue weighted by atomic mass is 32.2. The summed E-state index contributed by atoms with van der Waals surface area (Å²) in [4.78, 5) is 14.1. The zero-order chi connectivity index (χ0) is 26.5. The van der Waals surface area contributed by atoms with Crippen molar-refractivity contribution >= 4 is 38.9 Å². The van der Waals surface area contributed by atoms with E-state index in [0.717, 1.165) is 63.1 Å². The third-order valence-corrected chi connectivity index (χ3v) is 8.82. The van der Waals surface area contributed by atoms with Gasteiger partial charge in [-0.3, -0.25) is 0 Å². The van der Waals surface area contributed by atoms with Crippen molar-refractivity contribution in [3.63, 3.8) is 0 Å². The molecule has 10 heteroatoms. The number of anilines is 5. The Balaban J connectivity index is 1.26. The minimum atomic E-state index is -3.59. The van der Waals surface area contributed by atoms with Crippen molar-refractivity contribution in [2.24, 2.45) is 0 Å². The van der Waals surface area contributed by atoms with Gasteiger partial charge in [0.2, 0.25) is 16.0 Å². The van der Waals surface area contributed by atoms with Crippen molar-refractivity contribution < 1.29 is 8.42 Å². The van der Waals surface area contributed by atoms with Gasteiger partial charge in [-0.25, -0.2) is 18.1 Å². The van der Waals surface area contributed by atoms with Crippen molar-refractivity contribution in [1.29, 1.82) is 0 Å². The van der Waals surface area contributed by atoms with Gasteiger partial charge in [0.1, 0.15) is 5.82 Å². The van der Waals surface area contributed by atoms with Crippen LogP contribution in [0.15, 0.2) is 59.6 Å². The van der Waals surface area contributed by atoms with Gasteiger partial charge < -0.3 is 20.4 Å². The summed E-state index contributed by atoms with van der Waals surface area (Å²) in [5.74, 6) is 1.08. The largest absolute Gasteiger partial charge is 0.369 e. The number of aromatic nitrogens is 2. The second-order valence-corrected chi connectivity index (χ2v) is 12.0. The predicted octanol–water partition coefficient (Wildman–Crippen LogP) is 4.64. The van der Waals surface area contributed by atoms with E-state index in [1.54, 1.807) is 24.4 Å². The molecule has 202 valence electrons. The molecule has 3 aromatic rings. The van der Waals surface area contributed by atoms with Crippen LogP contribution in [-0.2, 0) is 10.0 Å². The van der Waals surface area contributed by atoms with Crippen LogP contribution >= 0.6 is 0 Å². The number of benzene rings is 2. The predicted molar refractivity (Wildman–Crippen MR) is 153 cm³/mol. The van der Waals surface area contributed by atoms with Crippen LogP contribution in [-0.4, -0.2) is 62.6 Å². The highest BCUT2D eigenvalue weighted by molar-refractivity contribution is 7.89. The molecule has 0 amide bonds. The van der Waals surface area contributed by atoms with E-state index in [0.29, 0.717) is 17.5 Å². The molecule has 1 saturated carbocycles. The molecule has 0 radical (unpaired) electrons. The number of rotatable bonds is 8. The third kappa shape index (κ3) is 6.61. The molecular formula is C28H37N7O2S. The molecule has 1 saturated heterocycles. The van der Waals surface area contributed by atoms with Crippen LogP contribution < -0.4 is 20.3 Å². The first-order valence-electron chi connectivity index (χ1n) is 13.4. The van der Waals surface area contributed by atoms with Crippen LogP contribution in [0.1, 0.15) is 37.7 Å². The minimum absolute atomic E-state index is 0.0127. The van der Waals surface area contributed by atoms with Gasteiger partial charge in [-0.2, -0.15) is 4.98 Å². The molecule has 1 aromatic heterocycles. The average Bonchev–Trinajstić information content (AvgIpc) is 2.92. The molecule has 2 aromatic carbocycles. The van der Waals surface area contributed by atoms with E-state index in [2.05, 4.69) is 54.3 Å². The quantitative estimate of drug-likeness (QED) is 0.384. The molecule has 2 heterocycles. The highest BCUT2D eigenvalue weighted by Crippen LogP contribution is 2.25. The van der Waals surface area contributed by atoms with Crippen molar-refractivity contribution in [2.45, 2.75) is 50.0 Å². The van der Waals surface area contributed by atoms with Crippen LogP contribution in [0.2, 0.25) is 0 Å². The maximum absolute atomic E-state index is 13.0. The molecule has 2 aliphatic rings. The van der Waals surface area contributed by atoms with Gasteiger partial charge in [0.15, 0.2) is 0 Å². The van der Waals surface area contributed by atoms with E-state index < -0.39 is 10.0 Å². The van der Waals surface area contributed by atoms with Crippen LogP contribution in [0.25, 0.3) is 0 Å². The molecule has 5 rings (SSSR count). The van der Waals surface area contributed by atoms with Crippen LogP contribution in [0.5, 0.6) is 0 Å². The average molecular weight is 536 g/mol. The van der Waals surface area contributed by atoms with E-state index in [1.807, 2.05) is 25.1 Å². The molecule has 3 N–H and O–H groups in total. The first-order valence-corrected chi connectivity index (χ1v) is 14.9. The molecule has 1 aliphatic heterocycles. The monoisotopic (exact) mass is 535 g/mol. The number of hydrogen-bond donors (Lipinski definition) is 3. The normalized spacial score (nSPS) is 17.4. The van der Waals surface area contributed by atoms with E-state index in [4.69, 9.17) is 0 Å². The van der Waals surface area contributed by atoms with Gasteiger partial charge in [-0.15, -0.1) is 0 Å². The number of sulfonamides is 1. The number of aryl methyl sites for hydroxylation is 1. The lowest BCUT2D eigenvalue weighted by Gasteiger charge is -2.34. The zero-order valence-electron chi connectivity index (χ0n) is 22.2. The van der Waals surface area contributed by atoms with E-state index >= 15 is 0 Å². The molecule has 2 fully saturated rings. The Morgan fingerprint density at radius 3 is 2.37 bits per heavy atom. The van der Waals surface area contributed by atoms with Gasteiger partial charge in [0.05, 0.1) is 4.90 Å². The van der Waals surface area contributed by atoms with Crippen molar-refractivity contribution in [2.75, 3.05) is 48.8 Å². The molecule has 1 aliphatic carbocycles. The fourth-order valence-electron chi connectivity index (χ4n) is 4.96. The van der Waals surface area contributed by atoms with Crippen LogP contribution in [0.3, 0.4) is 0 Å². The zero-order valence-corrected chi connectivity index (χ0v) is 23.0. The van der Waals surface area contributed by atoms with Crippen molar-refractivity contribution in [3.05, 3.63) is 60.3 Å². The Morgan fingerprint density at radius 2 is 1.63 bits per heavy atom. The second-order valence-electron chi connectivity index (χ2n) is 10.3. The summed E-state index contributed by atoms with van der Waals surface area (Å²) >= 11 is 0. The summed E-state index contributed by atoms with van der Waals surface area (Å²) in [6, 6.07) is 15.2. The summed E-state index contributed by atoms with van der Waals surface area (Å²) in [6.45, 7) is 6.11. The molecule has 0 unspecified atom stereocenters. The summed E-state index contributed by atoms with van der Waals surface area (Å²) in [5.41, 5.74) is 3.62. The van der Waals surface area contributed by atoms with E-state index in [-0.39, 0.29) is 10.9 Å². The lowest BCUT2D eigenvalue weighted by Crippen LogP contribution is -2.44. The van der Waals surface area contributed by atoms with Crippen LogP contribution in [0, 0.1) is 6.92 Å². The van der Waals surface area contributed by atoms with Gasteiger partial charge in [-0.05, 0) is 69.3 Å². The summed E-state index contributed by atoms with van der Waals surface area (Å²) < 4.78 is 28.9.